The Balaban J connectivity index is 1.47. The van der Waals surface area contributed by atoms with E-state index in [2.05, 4.69) is 30.9 Å². The number of H-pyrrole nitrogens is 1. The maximum Gasteiger partial charge on any atom is 0.276 e. The second kappa shape index (κ2) is 17.5. The van der Waals surface area contributed by atoms with Gasteiger partial charge >= 0.3 is 0 Å². The summed E-state index contributed by atoms with van der Waals surface area (Å²) >= 11 is 1.19. The minimum Gasteiger partial charge on any atom is -0.448 e. The van der Waals surface area contributed by atoms with Crippen LogP contribution in [-0.2, 0) is 32.0 Å². The number of rotatable bonds is 6. The van der Waals surface area contributed by atoms with Crippen LogP contribution >= 0.6 is 11.3 Å². The molecule has 288 valence electrons. The lowest BCUT2D eigenvalue weighted by atomic mass is 10.0. The highest BCUT2D eigenvalue weighted by Gasteiger charge is 2.31. The Labute approximate surface area is 317 Å². The number of aromatic nitrogens is 3. The number of hydrogen-bond donors (Lipinski definition) is 4. The topological polar surface area (TPSA) is 203 Å². The monoisotopic (exact) mass is 761 g/mol. The van der Waals surface area contributed by atoms with Crippen LogP contribution in [0.4, 0.5) is 0 Å². The molecule has 0 fully saturated rings. The van der Waals surface area contributed by atoms with Gasteiger partial charge in [0.2, 0.25) is 23.6 Å². The minimum absolute atomic E-state index is 0.0311. The Kier molecular flexibility index (Phi) is 12.8. The quantitative estimate of drug-likeness (QED) is 0.227. The first kappa shape index (κ1) is 39.6. The first-order valence-corrected chi connectivity index (χ1v) is 18.7. The lowest BCUT2D eigenvalue weighted by Gasteiger charge is -2.28. The summed E-state index contributed by atoms with van der Waals surface area (Å²) in [6, 6.07) is 4.94. The third-order valence-corrected chi connectivity index (χ3v) is 10.1. The Morgan fingerprint density at radius 3 is 2.44 bits per heavy atom. The van der Waals surface area contributed by atoms with Crippen molar-refractivity contribution in [3.05, 3.63) is 70.0 Å². The Morgan fingerprint density at radius 2 is 1.70 bits per heavy atom. The summed E-state index contributed by atoms with van der Waals surface area (Å²) in [6.07, 6.45) is 3.96. The summed E-state index contributed by atoms with van der Waals surface area (Å²) in [6.45, 7) is 6.57. The number of aromatic amines is 1. The fourth-order valence-electron chi connectivity index (χ4n) is 6.33. The lowest BCUT2D eigenvalue weighted by Crippen LogP contribution is -2.53. The Bertz CT molecular complexity index is 2000. The predicted octanol–water partition coefficient (Wildman–Crippen LogP) is 2.30. The molecule has 2 bridgehead atoms. The minimum atomic E-state index is -1.08. The Hall–Kier alpha value is -5.58. The number of fused-ring (bicyclic) bond motifs is 3. The number of likely N-dealkylation sites (N-methyl/N-ethyl adjacent to an activating group) is 2. The number of carbonyl (C=O) groups is 6. The van der Waals surface area contributed by atoms with Gasteiger partial charge in [-0.25, -0.2) is 9.97 Å². The van der Waals surface area contributed by atoms with Gasteiger partial charge in [0, 0.05) is 62.5 Å². The number of nitrogens with zero attached hydrogens (tertiary/aromatic N) is 5. The second-order valence-corrected chi connectivity index (χ2v) is 14.7. The summed E-state index contributed by atoms with van der Waals surface area (Å²) < 4.78 is 5.38. The number of amides is 6. The molecule has 1 aliphatic rings. The van der Waals surface area contributed by atoms with Crippen molar-refractivity contribution in [1.82, 2.24) is 45.6 Å². The summed E-state index contributed by atoms with van der Waals surface area (Å²) in [5, 5.41) is 11.4. The van der Waals surface area contributed by atoms with Crippen molar-refractivity contribution in [2.24, 2.45) is 5.92 Å². The molecule has 5 rings (SSSR count). The van der Waals surface area contributed by atoms with E-state index >= 15 is 0 Å². The van der Waals surface area contributed by atoms with Crippen LogP contribution in [0.25, 0.3) is 10.9 Å². The maximum atomic E-state index is 13.9. The highest BCUT2D eigenvalue weighted by atomic mass is 32.1. The number of nitrogens with one attached hydrogen (secondary N) is 4. The SMILES string of the molecule is CCc1ocnc1C(=O)N1CCN(C)C(=O)[C@H](C)NC(=O)CN(C)C(=O)[C@@H](Cc2c[nH]c3ccccc23)NC(=O)c2csc(n2)[C@H](CC(C)C)NC(=O)C1. The summed E-state index contributed by atoms with van der Waals surface area (Å²) in [4.78, 5) is 97.3. The van der Waals surface area contributed by atoms with E-state index < -0.39 is 53.6 Å². The van der Waals surface area contributed by atoms with E-state index in [1.165, 1.54) is 53.4 Å². The van der Waals surface area contributed by atoms with Gasteiger partial charge in [-0.1, -0.05) is 39.0 Å². The number of oxazole rings is 1. The zero-order valence-corrected chi connectivity index (χ0v) is 32.1. The van der Waals surface area contributed by atoms with E-state index in [0.717, 1.165) is 16.5 Å². The normalized spacial score (nSPS) is 20.2. The van der Waals surface area contributed by atoms with Gasteiger partial charge in [0.05, 0.1) is 19.1 Å². The predicted molar refractivity (Wildman–Crippen MR) is 200 cm³/mol. The van der Waals surface area contributed by atoms with E-state index in [9.17, 15) is 28.8 Å². The first-order chi connectivity index (χ1) is 25.7. The molecule has 4 aromatic rings. The van der Waals surface area contributed by atoms with Crippen molar-refractivity contribution >= 4 is 57.7 Å². The molecule has 0 saturated heterocycles. The van der Waals surface area contributed by atoms with Crippen LogP contribution in [0.5, 0.6) is 0 Å². The van der Waals surface area contributed by atoms with Gasteiger partial charge in [-0.15, -0.1) is 11.3 Å². The van der Waals surface area contributed by atoms with Gasteiger partial charge in [-0.05, 0) is 30.9 Å². The highest BCUT2D eigenvalue weighted by molar-refractivity contribution is 7.09. The van der Waals surface area contributed by atoms with Crippen LogP contribution < -0.4 is 16.0 Å². The molecule has 0 spiro atoms. The molecule has 6 amide bonds. The molecule has 16 nitrogen and oxygen atoms in total. The van der Waals surface area contributed by atoms with Crippen LogP contribution in [0.2, 0.25) is 0 Å². The van der Waals surface area contributed by atoms with Crippen molar-refractivity contribution in [2.75, 3.05) is 40.3 Å². The molecular formula is C37H47N9O7S. The standard InChI is InChI=1S/C37H47N9O7S/c1-7-29-32(39-20-53-29)37(52)46-13-12-44(5)35(50)22(4)40-30(47)17-45(6)36(51)27(15-23-16-38-25-11-9-8-10-24(23)25)42-33(49)28-19-54-34(43-28)26(14-21(2)3)41-31(48)18-46/h8-11,16,19-22,26-27,38H,7,12-15,17-18H2,1-6H3,(H,40,47)(H,41,48)(H,42,49)/t22-,26-,27+/m0/s1. The number of benzene rings is 1. The molecule has 0 radical (unpaired) electrons. The molecule has 3 atom stereocenters. The van der Waals surface area contributed by atoms with Crippen LogP contribution in [0, 0.1) is 5.92 Å². The van der Waals surface area contributed by atoms with Crippen LogP contribution in [0.1, 0.15) is 77.5 Å². The fraction of sp³-hybridized carbons (Fsp3) is 0.459. The lowest BCUT2D eigenvalue weighted by molar-refractivity contribution is -0.138. The molecule has 54 heavy (non-hydrogen) atoms. The van der Waals surface area contributed by atoms with Gasteiger partial charge < -0.3 is 40.1 Å². The third kappa shape index (κ3) is 9.50. The number of carbonyl (C=O) groups excluding carboxylic acids is 6. The highest BCUT2D eigenvalue weighted by Crippen LogP contribution is 2.26. The van der Waals surface area contributed by atoms with Gasteiger partial charge in [0.15, 0.2) is 12.1 Å². The summed E-state index contributed by atoms with van der Waals surface area (Å²) in [7, 11) is 2.98. The van der Waals surface area contributed by atoms with E-state index in [4.69, 9.17) is 4.42 Å². The molecule has 1 aromatic carbocycles. The average Bonchev–Trinajstić information content (AvgIpc) is 3.91. The molecule has 4 N–H and O–H groups in total. The summed E-state index contributed by atoms with van der Waals surface area (Å²) in [5.41, 5.74) is 1.78. The molecule has 0 aliphatic carbocycles. The van der Waals surface area contributed by atoms with Crippen molar-refractivity contribution in [3.63, 3.8) is 0 Å². The third-order valence-electron chi connectivity index (χ3n) is 9.17. The van der Waals surface area contributed by atoms with Crippen LogP contribution in [0.3, 0.4) is 0 Å². The van der Waals surface area contributed by atoms with E-state index in [-0.39, 0.29) is 49.9 Å². The second-order valence-electron chi connectivity index (χ2n) is 13.9. The van der Waals surface area contributed by atoms with Crippen molar-refractivity contribution in [3.8, 4) is 0 Å². The van der Waals surface area contributed by atoms with Gasteiger partial charge in [-0.2, -0.15) is 0 Å². The van der Waals surface area contributed by atoms with Gasteiger partial charge in [0.25, 0.3) is 11.8 Å². The van der Waals surface area contributed by atoms with E-state index in [0.29, 0.717) is 23.6 Å². The molecule has 1 aliphatic heterocycles. The molecule has 17 heteroatoms. The fourth-order valence-corrected chi connectivity index (χ4v) is 7.19. The average molecular weight is 762 g/mol. The maximum absolute atomic E-state index is 13.9. The molecule has 4 heterocycles. The largest absolute Gasteiger partial charge is 0.448 e. The summed E-state index contributed by atoms with van der Waals surface area (Å²) in [5.74, 6) is -2.70. The first-order valence-electron chi connectivity index (χ1n) is 17.9. The van der Waals surface area contributed by atoms with Crippen molar-refractivity contribution < 1.29 is 33.2 Å². The van der Waals surface area contributed by atoms with Crippen molar-refractivity contribution in [1.29, 1.82) is 0 Å². The molecule has 3 aromatic heterocycles. The van der Waals surface area contributed by atoms with E-state index in [1.54, 1.807) is 11.6 Å². The Morgan fingerprint density at radius 1 is 0.963 bits per heavy atom. The molecular weight excluding hydrogens is 715 g/mol. The zero-order chi connectivity index (χ0) is 39.1. The number of para-hydroxylation sites is 1. The smallest absolute Gasteiger partial charge is 0.276 e. The zero-order valence-electron chi connectivity index (χ0n) is 31.3. The van der Waals surface area contributed by atoms with Crippen LogP contribution in [-0.4, -0.2) is 117 Å². The molecule has 0 saturated carbocycles. The van der Waals surface area contributed by atoms with Gasteiger partial charge in [0.1, 0.15) is 28.5 Å². The number of aryl methyl sites for hydroxylation is 1. The molecule has 0 unspecified atom stereocenters. The van der Waals surface area contributed by atoms with Gasteiger partial charge in [-0.3, -0.25) is 28.8 Å². The van der Waals surface area contributed by atoms with Crippen LogP contribution in [0.15, 0.2) is 46.7 Å². The number of hydrogen-bond acceptors (Lipinski definition) is 10. The number of thiazole rings is 1. The van der Waals surface area contributed by atoms with Crippen molar-refractivity contribution in [2.45, 2.75) is 65.1 Å². The van der Waals surface area contributed by atoms with E-state index in [1.807, 2.05) is 45.0 Å².